The van der Waals surface area contributed by atoms with Crippen LogP contribution in [-0.2, 0) is 43.3 Å². The molecule has 0 saturated heterocycles. The molecule has 0 radical (unpaired) electrons. The summed E-state index contributed by atoms with van der Waals surface area (Å²) in [7, 11) is 0. The third kappa shape index (κ3) is 14.5. The van der Waals surface area contributed by atoms with E-state index in [1.54, 1.807) is 0 Å². The van der Waals surface area contributed by atoms with Crippen LogP contribution in [0.1, 0.15) is 318 Å². The second-order valence-corrected chi connectivity index (χ2v) is 34.2. The van der Waals surface area contributed by atoms with Gasteiger partial charge in [0.1, 0.15) is 0 Å². The van der Waals surface area contributed by atoms with E-state index in [9.17, 15) is 0 Å². The van der Waals surface area contributed by atoms with Crippen LogP contribution in [0.25, 0.3) is 0 Å². The van der Waals surface area contributed by atoms with Gasteiger partial charge in [0.2, 0.25) is 0 Å². The van der Waals surface area contributed by atoms with Gasteiger partial charge in [-0.3, -0.25) is 0 Å². The molecule has 0 aromatic heterocycles. The SMILES string of the molecule is Cc1cc([C@H](C)c2cc(C(C)(C)C)cc(C(C)(C)C)c2)c(N2C=CN(c3c([C@H](C)c4cc(C(C)(C)C)cc(C(C)(C)C)c4)cc(C)cc3[C@H](C)c3cc(C(C)(C)C)cc(C(C)(C)C)c3)C2)c([C@H](C)c2cc(C(C)(C)C)cc(C(C)(C)C)c2)c1. The van der Waals surface area contributed by atoms with Gasteiger partial charge in [0.05, 0.1) is 6.67 Å². The third-order valence-electron chi connectivity index (χ3n) is 18.5. The molecule has 83 heavy (non-hydrogen) atoms. The highest BCUT2D eigenvalue weighted by Crippen LogP contribution is 2.49. The predicted octanol–water partition coefficient (Wildman–Crippen LogP) is 23.0. The van der Waals surface area contributed by atoms with Gasteiger partial charge in [-0.1, -0.05) is 302 Å². The quantitative estimate of drug-likeness (QED) is 0.135. The van der Waals surface area contributed by atoms with E-state index in [2.05, 4.69) is 327 Å². The molecule has 1 aliphatic rings. The topological polar surface area (TPSA) is 6.48 Å². The number of benzene rings is 6. The maximum absolute atomic E-state index is 2.63. The van der Waals surface area contributed by atoms with Gasteiger partial charge < -0.3 is 9.80 Å². The standard InChI is InChI=1S/C81H114N2/c1-50-33-68(52(3)56-37-60(74(7,8)9)45-61(38-56)75(10,11)12)72(69(34-50)53(4)57-39-62(76(13,14)15)46-63(40-57)77(16,17)18)82-31-32-83(49-82)73-70(54(5)58-41-64(78(19,20)21)47-65(42-58)79(22,23)24)35-51(2)36-71(73)55(6)59-43-66(80(25,26)27)48-67(44-59)81(28,29)30/h31-48,52-55H,49H2,1-30H3/t52-,53-,54-,55-/m1/s1. The summed E-state index contributed by atoms with van der Waals surface area (Å²) < 4.78 is 0. The van der Waals surface area contributed by atoms with Crippen LogP contribution in [0.5, 0.6) is 0 Å². The lowest BCUT2D eigenvalue weighted by molar-refractivity contribution is 0.565. The predicted molar refractivity (Wildman–Crippen MR) is 367 cm³/mol. The van der Waals surface area contributed by atoms with Crippen LogP contribution in [0.3, 0.4) is 0 Å². The Balaban J connectivity index is 1.54. The zero-order chi connectivity index (χ0) is 62.4. The van der Waals surface area contributed by atoms with Crippen molar-refractivity contribution in [2.24, 2.45) is 0 Å². The maximum Gasteiger partial charge on any atom is 0.0989 e. The first-order valence-electron chi connectivity index (χ1n) is 31.8. The van der Waals surface area contributed by atoms with Crippen LogP contribution in [0, 0.1) is 13.8 Å². The Kier molecular flexibility index (Phi) is 17.7. The second-order valence-electron chi connectivity index (χ2n) is 34.2. The molecule has 7 rings (SSSR count). The van der Waals surface area contributed by atoms with Crippen LogP contribution in [0.15, 0.2) is 109 Å². The lowest BCUT2D eigenvalue weighted by atomic mass is 9.76. The van der Waals surface area contributed by atoms with Gasteiger partial charge in [-0.05, 0) is 146 Å². The highest BCUT2D eigenvalue weighted by Gasteiger charge is 2.34. The van der Waals surface area contributed by atoms with Crippen LogP contribution < -0.4 is 9.80 Å². The highest BCUT2D eigenvalue weighted by atomic mass is 15.3. The van der Waals surface area contributed by atoms with Crippen molar-refractivity contribution >= 4 is 11.4 Å². The van der Waals surface area contributed by atoms with Crippen molar-refractivity contribution in [3.63, 3.8) is 0 Å². The monoisotopic (exact) mass is 1110 g/mol. The van der Waals surface area contributed by atoms with Gasteiger partial charge in [0, 0.05) is 47.4 Å². The molecule has 0 spiro atoms. The second kappa shape index (κ2) is 22.5. The molecule has 6 aromatic rings. The van der Waals surface area contributed by atoms with E-state index in [0.717, 1.165) is 0 Å². The van der Waals surface area contributed by atoms with Gasteiger partial charge in [0.25, 0.3) is 0 Å². The van der Waals surface area contributed by atoms with Gasteiger partial charge >= 0.3 is 0 Å². The van der Waals surface area contributed by atoms with E-state index in [-0.39, 0.29) is 67.0 Å². The lowest BCUT2D eigenvalue weighted by Gasteiger charge is -2.35. The first-order chi connectivity index (χ1) is 37.6. The Labute approximate surface area is 509 Å². The van der Waals surface area contributed by atoms with Gasteiger partial charge in [-0.25, -0.2) is 0 Å². The van der Waals surface area contributed by atoms with Crippen molar-refractivity contribution in [3.8, 4) is 0 Å². The molecule has 1 aliphatic heterocycles. The fourth-order valence-electron chi connectivity index (χ4n) is 12.2. The van der Waals surface area contributed by atoms with Gasteiger partial charge in [0.15, 0.2) is 0 Å². The van der Waals surface area contributed by atoms with Crippen LogP contribution in [0.4, 0.5) is 11.4 Å². The molecular weight excluding hydrogens is 1000 g/mol. The smallest absolute Gasteiger partial charge is 0.0989 e. The number of anilines is 2. The molecular formula is C81H114N2. The van der Waals surface area contributed by atoms with Gasteiger partial charge in [-0.15, -0.1) is 0 Å². The zero-order valence-electron chi connectivity index (χ0n) is 58.3. The molecule has 6 aromatic carbocycles. The number of hydrogen-bond donors (Lipinski definition) is 0. The molecule has 448 valence electrons. The van der Waals surface area contributed by atoms with E-state index >= 15 is 0 Å². The Morgan fingerprint density at radius 3 is 0.554 bits per heavy atom. The van der Waals surface area contributed by atoms with Crippen molar-refractivity contribution in [2.45, 2.75) is 275 Å². The molecule has 2 heteroatoms. The Morgan fingerprint density at radius 1 is 0.253 bits per heavy atom. The molecule has 4 atom stereocenters. The molecule has 0 amide bonds. The van der Waals surface area contributed by atoms with E-state index in [1.807, 2.05) is 0 Å². The van der Waals surface area contributed by atoms with E-state index in [0.29, 0.717) is 6.67 Å². The average molecular weight is 1120 g/mol. The van der Waals surface area contributed by atoms with E-state index in [1.165, 1.54) is 112 Å². The molecule has 0 aliphatic carbocycles. The van der Waals surface area contributed by atoms with Crippen molar-refractivity contribution in [1.29, 1.82) is 0 Å². The summed E-state index contributed by atoms with van der Waals surface area (Å²) in [6.45, 7) is 72.1. The summed E-state index contributed by atoms with van der Waals surface area (Å²) in [5.41, 5.74) is 27.3. The number of nitrogens with zero attached hydrogens (tertiary/aromatic N) is 2. The van der Waals surface area contributed by atoms with Crippen LogP contribution in [-0.4, -0.2) is 6.67 Å². The summed E-state index contributed by atoms with van der Waals surface area (Å²) in [6, 6.07) is 40.2. The Morgan fingerprint density at radius 2 is 0.410 bits per heavy atom. The molecule has 0 N–H and O–H groups in total. The number of rotatable bonds is 10. The maximum atomic E-state index is 2.63. The summed E-state index contributed by atoms with van der Waals surface area (Å²) >= 11 is 0. The summed E-state index contributed by atoms with van der Waals surface area (Å²) in [6.07, 6.45) is 4.85. The van der Waals surface area contributed by atoms with Gasteiger partial charge in [-0.2, -0.15) is 0 Å². The summed E-state index contributed by atoms with van der Waals surface area (Å²) in [5, 5.41) is 0. The highest BCUT2D eigenvalue weighted by molar-refractivity contribution is 5.74. The molecule has 0 bridgehead atoms. The van der Waals surface area contributed by atoms with Crippen molar-refractivity contribution in [1.82, 2.24) is 0 Å². The molecule has 2 nitrogen and oxygen atoms in total. The molecule has 0 unspecified atom stereocenters. The largest absolute Gasteiger partial charge is 0.327 e. The Bertz CT molecular complexity index is 2810. The zero-order valence-corrected chi connectivity index (χ0v) is 58.3. The number of aryl methyl sites for hydroxylation is 2. The first kappa shape index (κ1) is 65.2. The van der Waals surface area contributed by atoms with E-state index in [4.69, 9.17) is 0 Å². The summed E-state index contributed by atoms with van der Waals surface area (Å²) in [5.74, 6) is 0.435. The minimum atomic E-state index is -0.00562. The average Bonchev–Trinajstić information content (AvgIpc) is 3.63. The third-order valence-corrected chi connectivity index (χ3v) is 18.5. The number of hydrogen-bond acceptors (Lipinski definition) is 2. The summed E-state index contributed by atoms with van der Waals surface area (Å²) in [4.78, 5) is 5.26. The van der Waals surface area contributed by atoms with Crippen molar-refractivity contribution < 1.29 is 0 Å². The molecule has 0 fully saturated rings. The Hall–Kier alpha value is -5.34. The van der Waals surface area contributed by atoms with E-state index < -0.39 is 0 Å². The van der Waals surface area contributed by atoms with Crippen LogP contribution in [0.2, 0.25) is 0 Å². The van der Waals surface area contributed by atoms with Crippen molar-refractivity contribution in [2.75, 3.05) is 16.5 Å². The minimum absolute atomic E-state index is 0.00562. The molecule has 0 saturated carbocycles. The fourth-order valence-corrected chi connectivity index (χ4v) is 12.2. The minimum Gasteiger partial charge on any atom is -0.327 e. The fraction of sp³-hybridized carbons (Fsp3) is 0.531. The van der Waals surface area contributed by atoms with Crippen LogP contribution >= 0.6 is 0 Å². The molecule has 1 heterocycles. The lowest BCUT2D eigenvalue weighted by Crippen LogP contribution is -2.29. The normalized spacial score (nSPS) is 15.7. The first-order valence-corrected chi connectivity index (χ1v) is 31.8. The van der Waals surface area contributed by atoms with Crippen molar-refractivity contribution in [3.05, 3.63) is 210 Å².